The summed E-state index contributed by atoms with van der Waals surface area (Å²) in [6.45, 7) is 6.38. The van der Waals surface area contributed by atoms with Gasteiger partial charge in [0.05, 0.1) is 0 Å². The van der Waals surface area contributed by atoms with Gasteiger partial charge in [-0.2, -0.15) is 0 Å². The lowest BCUT2D eigenvalue weighted by Gasteiger charge is -2.23. The third kappa shape index (κ3) is 4.50. The monoisotopic (exact) mass is 224 g/mol. The predicted molar refractivity (Wildman–Crippen MR) is 66.9 cm³/mol. The van der Waals surface area contributed by atoms with Gasteiger partial charge in [-0.1, -0.05) is 37.1 Å². The van der Waals surface area contributed by atoms with Crippen molar-refractivity contribution in [2.45, 2.75) is 52.7 Å². The number of hydrogen-bond donors (Lipinski definition) is 2. The van der Waals surface area contributed by atoms with E-state index >= 15 is 0 Å². The molecule has 0 heterocycles. The number of hydrogen-bond acceptors (Lipinski definition) is 2. The first-order valence-electron chi connectivity index (χ1n) is 6.20. The molecule has 1 unspecified atom stereocenters. The third-order valence-electron chi connectivity index (χ3n) is 3.16. The molecule has 16 heavy (non-hydrogen) atoms. The maximum atomic E-state index is 9.36. The number of aliphatic hydroxyl groups excluding tert-OH is 1. The van der Waals surface area contributed by atoms with Crippen LogP contribution in [-0.4, -0.2) is 16.5 Å². The molecule has 2 N–H and O–H groups in total. The number of aliphatic hydroxyl groups is 2. The lowest BCUT2D eigenvalue weighted by molar-refractivity contribution is -0.0885. The van der Waals surface area contributed by atoms with Crippen molar-refractivity contribution in [1.29, 1.82) is 0 Å². The van der Waals surface area contributed by atoms with Crippen molar-refractivity contribution in [2.75, 3.05) is 0 Å². The molecular formula is C14H24O2. The molecule has 0 aromatic rings. The van der Waals surface area contributed by atoms with Crippen LogP contribution in [0.5, 0.6) is 0 Å². The molecule has 92 valence electrons. The number of rotatable bonds is 5. The smallest absolute Gasteiger partial charge is 0.154 e. The zero-order chi connectivity index (χ0) is 12.1. The zero-order valence-electron chi connectivity index (χ0n) is 10.6. The van der Waals surface area contributed by atoms with Crippen molar-refractivity contribution < 1.29 is 10.2 Å². The Bertz CT molecular complexity index is 274. The van der Waals surface area contributed by atoms with Crippen LogP contribution in [0.1, 0.15) is 46.5 Å². The topological polar surface area (TPSA) is 40.5 Å². The maximum absolute atomic E-state index is 9.36. The van der Waals surface area contributed by atoms with Gasteiger partial charge < -0.3 is 10.2 Å². The van der Waals surface area contributed by atoms with Crippen molar-refractivity contribution in [1.82, 2.24) is 0 Å². The molecule has 0 saturated carbocycles. The Morgan fingerprint density at radius 1 is 1.19 bits per heavy atom. The molecule has 2 nitrogen and oxygen atoms in total. The van der Waals surface area contributed by atoms with Crippen molar-refractivity contribution in [3.05, 3.63) is 23.3 Å². The van der Waals surface area contributed by atoms with Crippen molar-refractivity contribution >= 4 is 0 Å². The lowest BCUT2D eigenvalue weighted by Crippen LogP contribution is -2.22. The first-order chi connectivity index (χ1) is 7.49. The Labute approximate surface area is 98.7 Å². The highest BCUT2D eigenvalue weighted by atomic mass is 16.5. The van der Waals surface area contributed by atoms with E-state index in [9.17, 15) is 10.2 Å². The Kier molecular flexibility index (Phi) is 5.23. The summed E-state index contributed by atoms with van der Waals surface area (Å²) in [4.78, 5) is 0. The molecule has 0 fully saturated rings. The summed E-state index contributed by atoms with van der Waals surface area (Å²) in [5.74, 6) is 0.492. The van der Waals surface area contributed by atoms with Crippen LogP contribution in [0.15, 0.2) is 23.3 Å². The van der Waals surface area contributed by atoms with E-state index in [0.29, 0.717) is 5.92 Å². The summed E-state index contributed by atoms with van der Waals surface area (Å²) in [7, 11) is 0. The normalized spacial score (nSPS) is 18.7. The molecule has 1 rings (SSSR count). The standard InChI is InChI=1S/C14H24O2/c1-10(2)8-13(14(15)16)9-12-6-4-11(3)5-7-12/h4,6,10,13-16H,5,7-9H2,1-3H3. The largest absolute Gasteiger partial charge is 0.368 e. The van der Waals surface area contributed by atoms with Gasteiger partial charge in [0.25, 0.3) is 0 Å². The summed E-state index contributed by atoms with van der Waals surface area (Å²) in [6, 6.07) is 0. The van der Waals surface area contributed by atoms with E-state index in [-0.39, 0.29) is 5.92 Å². The predicted octanol–water partition coefficient (Wildman–Crippen LogP) is 3.02. The van der Waals surface area contributed by atoms with Gasteiger partial charge >= 0.3 is 0 Å². The van der Waals surface area contributed by atoms with E-state index in [4.69, 9.17) is 0 Å². The van der Waals surface area contributed by atoms with Crippen molar-refractivity contribution in [3.63, 3.8) is 0 Å². The maximum Gasteiger partial charge on any atom is 0.154 e. The van der Waals surface area contributed by atoms with E-state index in [1.807, 2.05) is 0 Å². The van der Waals surface area contributed by atoms with Crippen LogP contribution in [0.25, 0.3) is 0 Å². The summed E-state index contributed by atoms with van der Waals surface area (Å²) < 4.78 is 0. The summed E-state index contributed by atoms with van der Waals surface area (Å²) in [5, 5.41) is 18.7. The fraction of sp³-hybridized carbons (Fsp3) is 0.714. The van der Waals surface area contributed by atoms with Crippen LogP contribution in [0.4, 0.5) is 0 Å². The molecule has 0 bridgehead atoms. The van der Waals surface area contributed by atoms with Gasteiger partial charge in [0, 0.05) is 5.92 Å². The van der Waals surface area contributed by atoms with Gasteiger partial charge in [-0.3, -0.25) is 0 Å². The van der Waals surface area contributed by atoms with Gasteiger partial charge in [0.1, 0.15) is 0 Å². The molecular weight excluding hydrogens is 200 g/mol. The first kappa shape index (κ1) is 13.5. The highest BCUT2D eigenvalue weighted by molar-refractivity contribution is 5.23. The molecule has 0 aromatic heterocycles. The van der Waals surface area contributed by atoms with Crippen LogP contribution < -0.4 is 0 Å². The Balaban J connectivity index is 2.55. The second kappa shape index (κ2) is 6.21. The van der Waals surface area contributed by atoms with E-state index < -0.39 is 6.29 Å². The van der Waals surface area contributed by atoms with Gasteiger partial charge in [-0.25, -0.2) is 0 Å². The average molecular weight is 224 g/mol. The Hall–Kier alpha value is -0.600. The molecule has 0 aromatic carbocycles. The molecule has 0 radical (unpaired) electrons. The molecule has 1 aliphatic carbocycles. The fourth-order valence-corrected chi connectivity index (χ4v) is 2.21. The van der Waals surface area contributed by atoms with E-state index in [2.05, 4.69) is 32.9 Å². The minimum absolute atomic E-state index is 0.0157. The molecule has 2 heteroatoms. The molecule has 1 aliphatic rings. The minimum Gasteiger partial charge on any atom is -0.368 e. The van der Waals surface area contributed by atoms with Crippen LogP contribution in [0.2, 0.25) is 0 Å². The Morgan fingerprint density at radius 3 is 2.31 bits per heavy atom. The van der Waals surface area contributed by atoms with Gasteiger partial charge in [-0.15, -0.1) is 0 Å². The Morgan fingerprint density at radius 2 is 1.88 bits per heavy atom. The number of allylic oxidation sites excluding steroid dienone is 4. The van der Waals surface area contributed by atoms with Crippen LogP contribution >= 0.6 is 0 Å². The van der Waals surface area contributed by atoms with E-state index in [1.165, 1.54) is 11.1 Å². The fourth-order valence-electron chi connectivity index (χ4n) is 2.21. The van der Waals surface area contributed by atoms with Crippen LogP contribution in [-0.2, 0) is 0 Å². The highest BCUT2D eigenvalue weighted by Crippen LogP contribution is 2.28. The van der Waals surface area contributed by atoms with Crippen LogP contribution in [0.3, 0.4) is 0 Å². The highest BCUT2D eigenvalue weighted by Gasteiger charge is 2.20. The molecule has 0 amide bonds. The second-order valence-electron chi connectivity index (χ2n) is 5.35. The first-order valence-corrected chi connectivity index (χ1v) is 6.20. The van der Waals surface area contributed by atoms with Crippen molar-refractivity contribution in [3.8, 4) is 0 Å². The van der Waals surface area contributed by atoms with E-state index in [1.54, 1.807) is 0 Å². The summed E-state index contributed by atoms with van der Waals surface area (Å²) in [5.41, 5.74) is 2.76. The van der Waals surface area contributed by atoms with Crippen molar-refractivity contribution in [2.24, 2.45) is 11.8 Å². The third-order valence-corrected chi connectivity index (χ3v) is 3.16. The molecule has 0 saturated heterocycles. The quantitative estimate of drug-likeness (QED) is 0.705. The second-order valence-corrected chi connectivity index (χ2v) is 5.35. The zero-order valence-corrected chi connectivity index (χ0v) is 10.6. The summed E-state index contributed by atoms with van der Waals surface area (Å²) >= 11 is 0. The average Bonchev–Trinajstić information content (AvgIpc) is 2.19. The lowest BCUT2D eigenvalue weighted by atomic mass is 9.86. The molecule has 0 aliphatic heterocycles. The van der Waals surface area contributed by atoms with Gasteiger partial charge in [-0.05, 0) is 38.5 Å². The van der Waals surface area contributed by atoms with Gasteiger partial charge in [0.2, 0.25) is 0 Å². The SMILES string of the molecule is CC1=CC=C(CC(CC(C)C)C(O)O)CC1. The molecule has 1 atom stereocenters. The van der Waals surface area contributed by atoms with Gasteiger partial charge in [0.15, 0.2) is 6.29 Å². The summed E-state index contributed by atoms with van der Waals surface area (Å²) in [6.07, 6.45) is 6.99. The van der Waals surface area contributed by atoms with E-state index in [0.717, 1.165) is 25.7 Å². The minimum atomic E-state index is -1.18. The molecule has 0 spiro atoms. The van der Waals surface area contributed by atoms with Crippen LogP contribution in [0, 0.1) is 11.8 Å².